The van der Waals surface area contributed by atoms with Crippen LogP contribution in [-0.4, -0.2) is 46.3 Å². The van der Waals surface area contributed by atoms with Gasteiger partial charge in [-0.3, -0.25) is 9.59 Å². The van der Waals surface area contributed by atoms with E-state index in [0.717, 1.165) is 25.2 Å². The highest BCUT2D eigenvalue weighted by atomic mass is 32.2. The van der Waals surface area contributed by atoms with Crippen LogP contribution in [0.3, 0.4) is 0 Å². The molecule has 1 aliphatic heterocycles. The number of nitrogens with zero attached hydrogens (tertiary/aromatic N) is 1. The van der Waals surface area contributed by atoms with E-state index in [2.05, 4.69) is 56.6 Å². The number of carbonyl (C=O) groups excluding carboxylic acids is 2. The molecule has 4 aliphatic rings. The average Bonchev–Trinajstić information content (AvgIpc) is 3.29. The molecule has 3 aliphatic carbocycles. The normalized spacial score (nSPS) is 35.7. The van der Waals surface area contributed by atoms with Crippen LogP contribution in [0.1, 0.15) is 150 Å². The van der Waals surface area contributed by atoms with Crippen molar-refractivity contribution < 1.29 is 9.59 Å². The number of rotatable bonds is 13. The fraction of sp³-hybridized carbons (Fsp3) is 0.943. The SMILES string of the molecule is CN1C(=O)CC[C@@]2(C)C1CC(NC(=O)CCCCCCCCCCCSC(C)(C)C)[C@@H]1[C@H]2CC[C@]2(C)CCC[C@@H]12. The van der Waals surface area contributed by atoms with E-state index in [9.17, 15) is 9.59 Å². The number of piperidine rings is 1. The van der Waals surface area contributed by atoms with E-state index in [0.29, 0.717) is 40.7 Å². The summed E-state index contributed by atoms with van der Waals surface area (Å²) in [7, 11) is 2.03. The van der Waals surface area contributed by atoms with Gasteiger partial charge in [0.25, 0.3) is 0 Å². The van der Waals surface area contributed by atoms with Crippen molar-refractivity contribution >= 4 is 23.6 Å². The maximum absolute atomic E-state index is 13.3. The molecule has 0 aromatic carbocycles. The van der Waals surface area contributed by atoms with Gasteiger partial charge in [0.15, 0.2) is 0 Å². The topological polar surface area (TPSA) is 49.4 Å². The highest BCUT2D eigenvalue weighted by Gasteiger charge is 2.62. The van der Waals surface area contributed by atoms with E-state index in [1.807, 2.05) is 7.05 Å². The quantitative estimate of drug-likeness (QED) is 0.224. The molecule has 0 radical (unpaired) electrons. The Kier molecular flexibility index (Phi) is 11.0. The summed E-state index contributed by atoms with van der Waals surface area (Å²) < 4.78 is 0.400. The molecule has 230 valence electrons. The second kappa shape index (κ2) is 13.7. The number of nitrogens with one attached hydrogen (secondary N) is 1. The van der Waals surface area contributed by atoms with Crippen molar-refractivity contribution in [3.8, 4) is 0 Å². The molecule has 7 atom stereocenters. The lowest BCUT2D eigenvalue weighted by atomic mass is 9.46. The molecule has 2 unspecified atom stereocenters. The molecule has 2 amide bonds. The molecule has 4 rings (SSSR count). The smallest absolute Gasteiger partial charge is 0.222 e. The Balaban J connectivity index is 1.20. The van der Waals surface area contributed by atoms with Gasteiger partial charge in [-0.15, -0.1) is 0 Å². The predicted molar refractivity (Wildman–Crippen MR) is 170 cm³/mol. The summed E-state index contributed by atoms with van der Waals surface area (Å²) in [5.74, 6) is 3.79. The zero-order valence-electron chi connectivity index (χ0n) is 27.0. The minimum absolute atomic E-state index is 0.198. The number of amides is 2. The van der Waals surface area contributed by atoms with Crippen molar-refractivity contribution in [1.29, 1.82) is 0 Å². The summed E-state index contributed by atoms with van der Waals surface area (Å²) in [5, 5.41) is 3.60. The molecule has 1 N–H and O–H groups in total. The lowest BCUT2D eigenvalue weighted by Crippen LogP contribution is -2.67. The van der Waals surface area contributed by atoms with Crippen LogP contribution < -0.4 is 5.32 Å². The summed E-state index contributed by atoms with van der Waals surface area (Å²) in [4.78, 5) is 28.0. The van der Waals surface area contributed by atoms with Crippen molar-refractivity contribution in [2.24, 2.45) is 28.6 Å². The number of carbonyl (C=O) groups is 2. The van der Waals surface area contributed by atoms with Gasteiger partial charge in [-0.1, -0.05) is 86.0 Å². The van der Waals surface area contributed by atoms with E-state index in [1.54, 1.807) is 0 Å². The molecule has 1 saturated heterocycles. The Hall–Kier alpha value is -0.710. The molecule has 40 heavy (non-hydrogen) atoms. The Morgan fingerprint density at radius 3 is 2.25 bits per heavy atom. The first-order valence-corrected chi connectivity index (χ1v) is 18.1. The molecule has 0 aromatic rings. The summed E-state index contributed by atoms with van der Waals surface area (Å²) in [6.45, 7) is 11.9. The van der Waals surface area contributed by atoms with Crippen LogP contribution >= 0.6 is 11.8 Å². The fourth-order valence-electron chi connectivity index (χ4n) is 9.55. The third kappa shape index (κ3) is 7.62. The number of fused-ring (bicyclic) bond motifs is 5. The van der Waals surface area contributed by atoms with Gasteiger partial charge in [-0.25, -0.2) is 0 Å². The Morgan fingerprint density at radius 2 is 1.57 bits per heavy atom. The zero-order valence-corrected chi connectivity index (χ0v) is 27.8. The summed E-state index contributed by atoms with van der Waals surface area (Å²) in [5.41, 5.74) is 0.652. The summed E-state index contributed by atoms with van der Waals surface area (Å²) in [6.07, 6.45) is 21.5. The minimum Gasteiger partial charge on any atom is -0.353 e. The van der Waals surface area contributed by atoms with Crippen LogP contribution in [0.2, 0.25) is 0 Å². The van der Waals surface area contributed by atoms with Gasteiger partial charge < -0.3 is 10.2 Å². The lowest BCUT2D eigenvalue weighted by molar-refractivity contribution is -0.162. The van der Waals surface area contributed by atoms with Crippen molar-refractivity contribution in [1.82, 2.24) is 10.2 Å². The minimum atomic E-state index is 0.198. The maximum atomic E-state index is 13.3. The molecule has 0 aromatic heterocycles. The third-order valence-electron chi connectivity index (χ3n) is 11.8. The summed E-state index contributed by atoms with van der Waals surface area (Å²) in [6, 6.07) is 0.497. The van der Waals surface area contributed by atoms with E-state index < -0.39 is 0 Å². The number of unbranched alkanes of at least 4 members (excludes halogenated alkanes) is 8. The van der Waals surface area contributed by atoms with Crippen LogP contribution in [-0.2, 0) is 9.59 Å². The molecule has 0 spiro atoms. The van der Waals surface area contributed by atoms with Gasteiger partial charge in [0.1, 0.15) is 0 Å². The average molecular weight is 575 g/mol. The second-order valence-electron chi connectivity index (χ2n) is 15.7. The molecular formula is C35H62N2O2S. The Labute approximate surface area is 251 Å². The van der Waals surface area contributed by atoms with Crippen LogP contribution in [0, 0.1) is 28.6 Å². The van der Waals surface area contributed by atoms with Crippen molar-refractivity contribution in [2.45, 2.75) is 167 Å². The number of likely N-dealkylation sites (tertiary alicyclic amines) is 1. The van der Waals surface area contributed by atoms with E-state index in [4.69, 9.17) is 0 Å². The van der Waals surface area contributed by atoms with Crippen molar-refractivity contribution in [2.75, 3.05) is 12.8 Å². The standard InChI is InChI=1S/C35H62N2O2S/c1-33(2,3)40-24-15-13-11-9-7-8-10-12-14-18-30(38)36-28-25-29-35(5,23-20-31(39)37(29)6)27-19-22-34(4)21-16-17-26(34)32(27)28/h26-29,32H,7-25H2,1-6H3,(H,36,38)/t26-,27+,28?,29?,32-,34-,35+/m0/s1. The van der Waals surface area contributed by atoms with Gasteiger partial charge in [0.2, 0.25) is 11.8 Å². The van der Waals surface area contributed by atoms with Gasteiger partial charge in [-0.2, -0.15) is 11.8 Å². The molecule has 1 heterocycles. The van der Waals surface area contributed by atoms with Crippen molar-refractivity contribution in [3.05, 3.63) is 0 Å². The maximum Gasteiger partial charge on any atom is 0.222 e. The Morgan fingerprint density at radius 1 is 0.925 bits per heavy atom. The number of thioether (sulfide) groups is 1. The second-order valence-corrected chi connectivity index (χ2v) is 17.6. The highest BCUT2D eigenvalue weighted by Crippen LogP contribution is 2.64. The molecule has 5 heteroatoms. The predicted octanol–water partition coefficient (Wildman–Crippen LogP) is 8.77. The van der Waals surface area contributed by atoms with E-state index >= 15 is 0 Å². The van der Waals surface area contributed by atoms with Crippen molar-refractivity contribution in [3.63, 3.8) is 0 Å². The number of hydrogen-bond acceptors (Lipinski definition) is 3. The first-order chi connectivity index (χ1) is 18.9. The van der Waals surface area contributed by atoms with Gasteiger partial charge in [0, 0.05) is 36.7 Å². The molecule has 4 nitrogen and oxygen atoms in total. The zero-order chi connectivity index (χ0) is 29.0. The first-order valence-electron chi connectivity index (χ1n) is 17.1. The molecule has 0 bridgehead atoms. The summed E-state index contributed by atoms with van der Waals surface area (Å²) >= 11 is 2.09. The van der Waals surface area contributed by atoms with Crippen LogP contribution in [0.25, 0.3) is 0 Å². The largest absolute Gasteiger partial charge is 0.353 e. The first kappa shape index (κ1) is 32.2. The van der Waals surface area contributed by atoms with Crippen LogP contribution in [0.4, 0.5) is 0 Å². The van der Waals surface area contributed by atoms with Gasteiger partial charge >= 0.3 is 0 Å². The fourth-order valence-corrected chi connectivity index (χ4v) is 10.5. The number of hydrogen-bond donors (Lipinski definition) is 1. The van der Waals surface area contributed by atoms with Crippen LogP contribution in [0.15, 0.2) is 0 Å². The van der Waals surface area contributed by atoms with E-state index in [-0.39, 0.29) is 23.4 Å². The Bertz CT molecular complexity index is 855. The molecule has 3 saturated carbocycles. The van der Waals surface area contributed by atoms with Gasteiger partial charge in [0.05, 0.1) is 0 Å². The monoisotopic (exact) mass is 574 g/mol. The van der Waals surface area contributed by atoms with E-state index in [1.165, 1.54) is 89.2 Å². The highest BCUT2D eigenvalue weighted by molar-refractivity contribution is 8.00. The molecular weight excluding hydrogens is 512 g/mol. The van der Waals surface area contributed by atoms with Crippen LogP contribution in [0.5, 0.6) is 0 Å². The van der Waals surface area contributed by atoms with Gasteiger partial charge in [-0.05, 0) is 85.7 Å². The molecule has 4 fully saturated rings. The third-order valence-corrected chi connectivity index (χ3v) is 13.2. The lowest BCUT2D eigenvalue weighted by Gasteiger charge is -2.63.